The van der Waals surface area contributed by atoms with Crippen molar-refractivity contribution in [1.82, 2.24) is 0 Å². The van der Waals surface area contributed by atoms with E-state index in [1.165, 1.54) is 7.11 Å². The van der Waals surface area contributed by atoms with Gasteiger partial charge in [-0.25, -0.2) is 0 Å². The first-order valence-electron chi connectivity index (χ1n) is 4.11. The van der Waals surface area contributed by atoms with Crippen LogP contribution in [0.25, 0.3) is 0 Å². The third-order valence-corrected chi connectivity index (χ3v) is 2.26. The molecule has 1 N–H and O–H groups in total. The maximum atomic E-state index is 11.0. The first-order valence-corrected chi connectivity index (χ1v) is 4.55. The number of benzene rings is 1. The predicted molar refractivity (Wildman–Crippen MR) is 53.1 cm³/mol. The van der Waals surface area contributed by atoms with E-state index in [1.807, 2.05) is 6.07 Å². The van der Waals surface area contributed by atoms with Gasteiger partial charge in [0, 0.05) is 0 Å². The molecule has 0 saturated heterocycles. The van der Waals surface area contributed by atoms with Crippen LogP contribution in [0.3, 0.4) is 0 Å². The molecule has 0 heterocycles. The highest BCUT2D eigenvalue weighted by atomic mass is 35.5. The molecule has 76 valence electrons. The number of esters is 1. The van der Waals surface area contributed by atoms with E-state index in [9.17, 15) is 9.90 Å². The number of hydrogen-bond donors (Lipinski definition) is 1. The molecule has 0 bridgehead atoms. The van der Waals surface area contributed by atoms with Crippen LogP contribution < -0.4 is 0 Å². The van der Waals surface area contributed by atoms with E-state index in [-0.39, 0.29) is 0 Å². The summed E-state index contributed by atoms with van der Waals surface area (Å²) in [5.41, 5.74) is 0.595. The fourth-order valence-electron chi connectivity index (χ4n) is 1.06. The number of carbonyl (C=O) groups is 1. The molecule has 0 radical (unpaired) electrons. The Hall–Kier alpha value is -1.06. The fourth-order valence-corrected chi connectivity index (χ4v) is 1.30. The molecular weight excluding hydrogens is 204 g/mol. The lowest BCUT2D eigenvalue weighted by molar-refractivity contribution is -0.142. The van der Waals surface area contributed by atoms with E-state index >= 15 is 0 Å². The van der Waals surface area contributed by atoms with E-state index in [2.05, 4.69) is 4.74 Å². The zero-order chi connectivity index (χ0) is 10.6. The standard InChI is InChI=1S/C10H11ClO3/c1-14-10(13)8(11)9(12)7-5-3-2-4-6-7/h2-6,8-9,12H,1H3/t8-,9-/m1/s1. The summed E-state index contributed by atoms with van der Waals surface area (Å²) in [5.74, 6) is -0.636. The number of hydrogen-bond acceptors (Lipinski definition) is 3. The van der Waals surface area contributed by atoms with Gasteiger partial charge in [0.05, 0.1) is 7.11 Å². The van der Waals surface area contributed by atoms with Crippen molar-refractivity contribution in [3.8, 4) is 0 Å². The van der Waals surface area contributed by atoms with Gasteiger partial charge in [0.2, 0.25) is 0 Å². The van der Waals surface area contributed by atoms with Crippen LogP contribution in [0.15, 0.2) is 30.3 Å². The largest absolute Gasteiger partial charge is 0.468 e. The molecule has 1 aromatic carbocycles. The Morgan fingerprint density at radius 3 is 2.50 bits per heavy atom. The van der Waals surface area contributed by atoms with Crippen molar-refractivity contribution in [3.63, 3.8) is 0 Å². The quantitative estimate of drug-likeness (QED) is 0.613. The third-order valence-electron chi connectivity index (χ3n) is 1.84. The van der Waals surface area contributed by atoms with Crippen LogP contribution in [0.5, 0.6) is 0 Å². The summed E-state index contributed by atoms with van der Waals surface area (Å²) in [5, 5.41) is 8.59. The number of aliphatic hydroxyl groups is 1. The van der Waals surface area contributed by atoms with Gasteiger partial charge in [0.25, 0.3) is 0 Å². The van der Waals surface area contributed by atoms with Gasteiger partial charge in [0.15, 0.2) is 5.38 Å². The maximum Gasteiger partial charge on any atom is 0.326 e. The smallest absolute Gasteiger partial charge is 0.326 e. The van der Waals surface area contributed by atoms with E-state index in [0.717, 1.165) is 0 Å². The number of rotatable bonds is 3. The van der Waals surface area contributed by atoms with Crippen molar-refractivity contribution in [2.24, 2.45) is 0 Å². The van der Waals surface area contributed by atoms with Crippen LogP contribution in [-0.2, 0) is 9.53 Å². The van der Waals surface area contributed by atoms with Crippen molar-refractivity contribution in [3.05, 3.63) is 35.9 Å². The first kappa shape index (κ1) is 11.0. The molecule has 0 aliphatic heterocycles. The lowest BCUT2D eigenvalue weighted by Gasteiger charge is -2.14. The molecular formula is C10H11ClO3. The molecule has 0 aliphatic carbocycles. The lowest BCUT2D eigenvalue weighted by atomic mass is 10.1. The molecule has 14 heavy (non-hydrogen) atoms. The molecule has 0 spiro atoms. The minimum absolute atomic E-state index is 0.595. The molecule has 1 aromatic rings. The molecule has 0 aliphatic rings. The van der Waals surface area contributed by atoms with Gasteiger partial charge < -0.3 is 9.84 Å². The van der Waals surface area contributed by atoms with Gasteiger partial charge in [-0.05, 0) is 5.56 Å². The van der Waals surface area contributed by atoms with Crippen molar-refractivity contribution < 1.29 is 14.6 Å². The van der Waals surface area contributed by atoms with Gasteiger partial charge in [-0.1, -0.05) is 30.3 Å². The molecule has 3 nitrogen and oxygen atoms in total. The lowest BCUT2D eigenvalue weighted by Crippen LogP contribution is -2.23. The van der Waals surface area contributed by atoms with Crippen molar-refractivity contribution in [2.45, 2.75) is 11.5 Å². The molecule has 0 amide bonds. The second-order valence-electron chi connectivity index (χ2n) is 2.78. The molecule has 0 unspecified atom stereocenters. The highest BCUT2D eigenvalue weighted by molar-refractivity contribution is 6.30. The van der Waals surface area contributed by atoms with Crippen molar-refractivity contribution >= 4 is 17.6 Å². The van der Waals surface area contributed by atoms with E-state index < -0.39 is 17.5 Å². The fraction of sp³-hybridized carbons (Fsp3) is 0.300. The van der Waals surface area contributed by atoms with E-state index in [4.69, 9.17) is 11.6 Å². The SMILES string of the molecule is COC(=O)[C@H](Cl)[C@H](O)c1ccccc1. The molecule has 0 fully saturated rings. The molecule has 0 saturated carbocycles. The first-order chi connectivity index (χ1) is 6.66. The number of methoxy groups -OCH3 is 1. The predicted octanol–water partition coefficient (Wildman–Crippen LogP) is 1.50. The Morgan fingerprint density at radius 1 is 1.43 bits per heavy atom. The van der Waals surface area contributed by atoms with Crippen molar-refractivity contribution in [1.29, 1.82) is 0 Å². The highest BCUT2D eigenvalue weighted by Gasteiger charge is 2.26. The number of carbonyl (C=O) groups excluding carboxylic acids is 1. The summed E-state index contributed by atoms with van der Waals surface area (Å²) in [6.45, 7) is 0. The van der Waals surface area contributed by atoms with Crippen molar-refractivity contribution in [2.75, 3.05) is 7.11 Å². The summed E-state index contributed by atoms with van der Waals surface area (Å²) in [6, 6.07) is 8.74. The van der Waals surface area contributed by atoms with Gasteiger partial charge in [-0.2, -0.15) is 0 Å². The van der Waals surface area contributed by atoms with E-state index in [0.29, 0.717) is 5.56 Å². The average Bonchev–Trinajstić information content (AvgIpc) is 2.27. The third kappa shape index (κ3) is 2.47. The Balaban J connectivity index is 2.75. The van der Waals surface area contributed by atoms with Crippen LogP contribution in [0.2, 0.25) is 0 Å². The molecule has 4 heteroatoms. The van der Waals surface area contributed by atoms with Crippen LogP contribution >= 0.6 is 11.6 Å². The zero-order valence-corrected chi connectivity index (χ0v) is 8.44. The topological polar surface area (TPSA) is 46.5 Å². The van der Waals surface area contributed by atoms with Gasteiger partial charge in [-0.3, -0.25) is 4.79 Å². The average molecular weight is 215 g/mol. The second-order valence-corrected chi connectivity index (χ2v) is 3.25. The van der Waals surface area contributed by atoms with Crippen LogP contribution in [0.1, 0.15) is 11.7 Å². The summed E-state index contributed by atoms with van der Waals surface area (Å²) >= 11 is 5.69. The normalized spacial score (nSPS) is 14.5. The Bertz CT molecular complexity index is 299. The number of aliphatic hydroxyl groups excluding tert-OH is 1. The summed E-state index contributed by atoms with van der Waals surface area (Å²) < 4.78 is 4.42. The second kappa shape index (κ2) is 4.98. The van der Waals surface area contributed by atoms with Gasteiger partial charge >= 0.3 is 5.97 Å². The minimum atomic E-state index is -1.07. The Labute approximate surface area is 87.3 Å². The summed E-state index contributed by atoms with van der Waals surface area (Å²) in [6.07, 6.45) is -1.04. The zero-order valence-electron chi connectivity index (χ0n) is 7.68. The molecule has 2 atom stereocenters. The number of alkyl halides is 1. The summed E-state index contributed by atoms with van der Waals surface area (Å²) in [7, 11) is 1.23. The van der Waals surface area contributed by atoms with Crippen LogP contribution in [-0.4, -0.2) is 23.6 Å². The minimum Gasteiger partial charge on any atom is -0.468 e. The monoisotopic (exact) mass is 214 g/mol. The molecule has 0 aromatic heterocycles. The number of halogens is 1. The maximum absolute atomic E-state index is 11.0. The Morgan fingerprint density at radius 2 is 2.00 bits per heavy atom. The van der Waals surface area contributed by atoms with Crippen LogP contribution in [0.4, 0.5) is 0 Å². The number of ether oxygens (including phenoxy) is 1. The molecule has 1 rings (SSSR count). The van der Waals surface area contributed by atoms with Gasteiger partial charge in [-0.15, -0.1) is 11.6 Å². The Kier molecular flexibility index (Phi) is 3.92. The van der Waals surface area contributed by atoms with Crippen LogP contribution in [0, 0.1) is 0 Å². The van der Waals surface area contributed by atoms with E-state index in [1.54, 1.807) is 24.3 Å². The highest BCUT2D eigenvalue weighted by Crippen LogP contribution is 2.21. The van der Waals surface area contributed by atoms with Gasteiger partial charge in [0.1, 0.15) is 6.10 Å². The summed E-state index contributed by atoms with van der Waals surface area (Å²) in [4.78, 5) is 11.0.